The molecule has 0 saturated heterocycles. The van der Waals surface area contributed by atoms with Crippen LogP contribution in [0.1, 0.15) is 0 Å². The van der Waals surface area contributed by atoms with E-state index in [2.05, 4.69) is 20.3 Å². The second-order valence-electron chi connectivity index (χ2n) is 4.04. The summed E-state index contributed by atoms with van der Waals surface area (Å²) in [6.07, 6.45) is 3.44. The minimum absolute atomic E-state index is 0.360. The van der Waals surface area contributed by atoms with Gasteiger partial charge in [0.1, 0.15) is 11.0 Å². The van der Waals surface area contributed by atoms with Crippen molar-refractivity contribution in [2.45, 2.75) is 4.34 Å². The van der Waals surface area contributed by atoms with Crippen molar-refractivity contribution < 1.29 is 0 Å². The summed E-state index contributed by atoms with van der Waals surface area (Å²) in [6, 6.07) is 3.40. The molecule has 0 saturated carbocycles. The highest BCUT2D eigenvalue weighted by Crippen LogP contribution is 2.35. The van der Waals surface area contributed by atoms with Gasteiger partial charge in [0.2, 0.25) is 0 Å². The minimum Gasteiger partial charge on any atom is -0.396 e. The van der Waals surface area contributed by atoms with Crippen LogP contribution in [-0.2, 0) is 0 Å². The van der Waals surface area contributed by atoms with Gasteiger partial charge in [-0.05, 0) is 18.4 Å². The molecule has 3 aromatic rings. The number of rotatable bonds is 3. The van der Waals surface area contributed by atoms with Gasteiger partial charge in [0.25, 0.3) is 0 Å². The van der Waals surface area contributed by atoms with Crippen LogP contribution in [0.3, 0.4) is 0 Å². The molecule has 0 amide bonds. The molecule has 2 aromatic heterocycles. The minimum atomic E-state index is 0.360. The van der Waals surface area contributed by atoms with Gasteiger partial charge in [0.05, 0.1) is 15.7 Å². The summed E-state index contributed by atoms with van der Waals surface area (Å²) in [5.41, 5.74) is 7.46. The first kappa shape index (κ1) is 14.6. The third-order valence-electron chi connectivity index (χ3n) is 2.69. The molecular weight excluding hydrogens is 349 g/mol. The van der Waals surface area contributed by atoms with E-state index in [0.29, 0.717) is 32.9 Å². The van der Waals surface area contributed by atoms with Gasteiger partial charge in [-0.15, -0.1) is 11.3 Å². The molecule has 1 aromatic carbocycles. The number of nitrogens with zero attached hydrogens (tertiary/aromatic N) is 3. The highest BCUT2D eigenvalue weighted by atomic mass is 35.5. The Balaban J connectivity index is 2.03. The molecule has 0 aliphatic heterocycles. The Morgan fingerprint density at radius 2 is 1.95 bits per heavy atom. The molecular formula is C12H9Cl2N5S2. The van der Waals surface area contributed by atoms with Crippen LogP contribution in [0.2, 0.25) is 10.0 Å². The zero-order chi connectivity index (χ0) is 15.0. The summed E-state index contributed by atoms with van der Waals surface area (Å²) in [4.78, 5) is 12.8. The van der Waals surface area contributed by atoms with Gasteiger partial charge < -0.3 is 11.1 Å². The molecule has 9 heteroatoms. The molecule has 2 heterocycles. The Morgan fingerprint density at radius 3 is 2.62 bits per heavy atom. The van der Waals surface area contributed by atoms with E-state index < -0.39 is 0 Å². The molecule has 0 aliphatic rings. The van der Waals surface area contributed by atoms with Crippen LogP contribution in [0.4, 0.5) is 17.2 Å². The lowest BCUT2D eigenvalue weighted by molar-refractivity contribution is 1.17. The summed E-state index contributed by atoms with van der Waals surface area (Å²) in [5, 5.41) is 3.96. The number of nitrogens with two attached hydrogens (primary N) is 1. The number of hydrogen-bond acceptors (Lipinski definition) is 7. The number of anilines is 3. The molecule has 0 spiro atoms. The van der Waals surface area contributed by atoms with Gasteiger partial charge in [-0.3, -0.25) is 0 Å². The van der Waals surface area contributed by atoms with Crippen LogP contribution in [0.15, 0.2) is 22.8 Å². The first-order valence-corrected chi connectivity index (χ1v) is 8.55. The monoisotopic (exact) mass is 357 g/mol. The van der Waals surface area contributed by atoms with Crippen molar-refractivity contribution in [3.8, 4) is 0 Å². The average molecular weight is 358 g/mol. The fourth-order valence-electron chi connectivity index (χ4n) is 1.70. The third kappa shape index (κ3) is 2.87. The van der Waals surface area contributed by atoms with Gasteiger partial charge in [-0.25, -0.2) is 15.0 Å². The predicted octanol–water partition coefficient (Wildman–Crippen LogP) is 4.44. The molecule has 0 atom stereocenters. The summed E-state index contributed by atoms with van der Waals surface area (Å²) in [5.74, 6) is 0.662. The van der Waals surface area contributed by atoms with Gasteiger partial charge in [0, 0.05) is 5.69 Å². The molecule has 3 N–H and O–H groups in total. The fourth-order valence-corrected chi connectivity index (χ4v) is 3.65. The Morgan fingerprint density at radius 1 is 1.24 bits per heavy atom. The quantitative estimate of drug-likeness (QED) is 0.532. The summed E-state index contributed by atoms with van der Waals surface area (Å²) >= 11 is 15.2. The number of aromatic nitrogens is 3. The Kier molecular flexibility index (Phi) is 4.08. The van der Waals surface area contributed by atoms with Crippen molar-refractivity contribution in [2.24, 2.45) is 0 Å². The van der Waals surface area contributed by atoms with Crippen molar-refractivity contribution >= 4 is 73.8 Å². The maximum absolute atomic E-state index is 6.03. The normalized spacial score (nSPS) is 11.0. The van der Waals surface area contributed by atoms with E-state index in [1.807, 2.05) is 6.26 Å². The molecule has 108 valence electrons. The van der Waals surface area contributed by atoms with E-state index in [1.54, 1.807) is 23.9 Å². The van der Waals surface area contributed by atoms with E-state index >= 15 is 0 Å². The van der Waals surface area contributed by atoms with Crippen LogP contribution in [0, 0.1) is 0 Å². The van der Waals surface area contributed by atoms with E-state index in [9.17, 15) is 0 Å². The maximum Gasteiger partial charge on any atom is 0.176 e. The molecule has 21 heavy (non-hydrogen) atoms. The van der Waals surface area contributed by atoms with Crippen molar-refractivity contribution in [1.82, 2.24) is 15.0 Å². The largest absolute Gasteiger partial charge is 0.396 e. The molecule has 0 unspecified atom stereocenters. The van der Waals surface area contributed by atoms with Gasteiger partial charge in [-0.2, -0.15) is 0 Å². The molecule has 0 fully saturated rings. The smallest absolute Gasteiger partial charge is 0.176 e. The number of thiazole rings is 1. The number of fused-ring (bicyclic) bond motifs is 1. The lowest BCUT2D eigenvalue weighted by Crippen LogP contribution is -1.96. The van der Waals surface area contributed by atoms with Crippen LogP contribution in [-0.4, -0.2) is 21.2 Å². The Labute approximate surface area is 138 Å². The van der Waals surface area contributed by atoms with Crippen LogP contribution in [0.25, 0.3) is 10.3 Å². The predicted molar refractivity (Wildman–Crippen MR) is 91.1 cm³/mol. The number of nitrogens with one attached hydrogen (secondary N) is 1. The van der Waals surface area contributed by atoms with Crippen LogP contribution >= 0.6 is 46.3 Å². The number of hydrogen-bond donors (Lipinski definition) is 2. The van der Waals surface area contributed by atoms with Gasteiger partial charge in [-0.1, -0.05) is 35.0 Å². The first-order valence-electron chi connectivity index (χ1n) is 5.75. The van der Waals surface area contributed by atoms with E-state index in [4.69, 9.17) is 28.9 Å². The number of benzene rings is 1. The second-order valence-corrected chi connectivity index (χ2v) is 6.90. The van der Waals surface area contributed by atoms with Gasteiger partial charge in [0.15, 0.2) is 15.8 Å². The second kappa shape index (κ2) is 5.84. The molecule has 5 nitrogen and oxygen atoms in total. The fraction of sp³-hybridized carbons (Fsp3) is 0.0833. The lowest BCUT2D eigenvalue weighted by atomic mass is 10.3. The van der Waals surface area contributed by atoms with Gasteiger partial charge >= 0.3 is 0 Å². The third-order valence-corrected chi connectivity index (χ3v) is 5.35. The maximum atomic E-state index is 6.03. The molecule has 0 aliphatic carbocycles. The average Bonchev–Trinajstić information content (AvgIpc) is 2.89. The van der Waals surface area contributed by atoms with Crippen molar-refractivity contribution in [3.63, 3.8) is 0 Å². The number of thioether (sulfide) groups is 1. The summed E-state index contributed by atoms with van der Waals surface area (Å²) in [7, 11) is 0. The number of halogens is 2. The van der Waals surface area contributed by atoms with Crippen LogP contribution in [0.5, 0.6) is 0 Å². The van der Waals surface area contributed by atoms with E-state index in [1.165, 1.54) is 17.7 Å². The summed E-state index contributed by atoms with van der Waals surface area (Å²) in [6.45, 7) is 0. The van der Waals surface area contributed by atoms with E-state index in [0.717, 1.165) is 9.04 Å². The topological polar surface area (TPSA) is 76.7 Å². The molecule has 0 radical (unpaired) electrons. The summed E-state index contributed by atoms with van der Waals surface area (Å²) < 4.78 is 1.81. The zero-order valence-corrected chi connectivity index (χ0v) is 13.9. The van der Waals surface area contributed by atoms with E-state index in [-0.39, 0.29) is 0 Å². The highest BCUT2D eigenvalue weighted by molar-refractivity contribution is 8.00. The SMILES string of the molecule is CSc1nc2ncnc(Nc3cc(Cl)c(N)c(Cl)c3)c2s1. The molecule has 3 rings (SSSR count). The van der Waals surface area contributed by atoms with Crippen molar-refractivity contribution in [1.29, 1.82) is 0 Å². The van der Waals surface area contributed by atoms with Crippen molar-refractivity contribution in [2.75, 3.05) is 17.3 Å². The lowest BCUT2D eigenvalue weighted by Gasteiger charge is -2.08. The first-order chi connectivity index (χ1) is 10.1. The standard InChI is InChI=1S/C12H9Cl2N5S2/c1-20-12-19-11-9(21-12)10(16-4-17-11)18-5-2-6(13)8(15)7(14)3-5/h2-4H,15H2,1H3,(H,16,17,18). The van der Waals surface area contributed by atoms with Crippen molar-refractivity contribution in [3.05, 3.63) is 28.5 Å². The highest BCUT2D eigenvalue weighted by Gasteiger charge is 2.11. The van der Waals surface area contributed by atoms with Crippen LogP contribution < -0.4 is 11.1 Å². The number of nitrogen functional groups attached to an aromatic ring is 1. The Hall–Kier alpha value is -1.28. The zero-order valence-electron chi connectivity index (χ0n) is 10.7. The molecule has 0 bridgehead atoms. The Bertz CT molecular complexity index is 798.